The van der Waals surface area contributed by atoms with Crippen molar-refractivity contribution in [3.8, 4) is 11.5 Å². The topological polar surface area (TPSA) is 21.5 Å². The number of hydrogen-bond donors (Lipinski definition) is 0. The van der Waals surface area contributed by atoms with Crippen molar-refractivity contribution in [2.75, 3.05) is 13.3 Å². The van der Waals surface area contributed by atoms with Gasteiger partial charge in [-0.2, -0.15) is 0 Å². The van der Waals surface area contributed by atoms with Gasteiger partial charge in [0.15, 0.2) is 24.3 Å². The summed E-state index contributed by atoms with van der Waals surface area (Å²) in [7, 11) is 0. The lowest BCUT2D eigenvalue weighted by Crippen LogP contribution is -2.22. The van der Waals surface area contributed by atoms with Crippen molar-refractivity contribution in [1.29, 1.82) is 0 Å². The highest BCUT2D eigenvalue weighted by Crippen LogP contribution is 2.35. The van der Waals surface area contributed by atoms with Gasteiger partial charge in [-0.3, -0.25) is 0 Å². The van der Waals surface area contributed by atoms with E-state index in [2.05, 4.69) is 63.1 Å². The summed E-state index contributed by atoms with van der Waals surface area (Å²) in [5.74, 6) is 1.74. The molecule has 0 saturated carbocycles. The van der Waals surface area contributed by atoms with E-state index in [-0.39, 0.29) is 0 Å². The van der Waals surface area contributed by atoms with E-state index in [9.17, 15) is 0 Å². The highest BCUT2D eigenvalue weighted by molar-refractivity contribution is 9.10. The molecule has 2 heterocycles. The lowest BCUT2D eigenvalue weighted by Gasteiger charge is -2.13. The molecule has 4 heteroatoms. The summed E-state index contributed by atoms with van der Waals surface area (Å²) in [6.07, 6.45) is 3.27. The third-order valence-electron chi connectivity index (χ3n) is 3.92. The standard InChI is InChI=1S/C17H15BrNO2/c18-15-3-1-12(2-4-15)9-19-6-5-13-7-16-17(21-11-20-16)8-14(13)10-19/h1-4,7-8,10H,5-6,9,11H2/q+1. The summed E-state index contributed by atoms with van der Waals surface area (Å²) in [6, 6.07) is 12.7. The molecule has 3 nitrogen and oxygen atoms in total. The SMILES string of the molecule is Brc1ccc(C[N+]2=Cc3cc4c(cc3CC2)OCO4)cc1. The Bertz CT molecular complexity index is 722. The van der Waals surface area contributed by atoms with Crippen LogP contribution < -0.4 is 9.47 Å². The molecular formula is C17H15BrNO2+. The van der Waals surface area contributed by atoms with Crippen LogP contribution in [0.4, 0.5) is 0 Å². The Kier molecular flexibility index (Phi) is 3.19. The molecule has 106 valence electrons. The molecule has 0 saturated heterocycles. The maximum Gasteiger partial charge on any atom is 0.231 e. The minimum atomic E-state index is 0.334. The van der Waals surface area contributed by atoms with Gasteiger partial charge in [0.1, 0.15) is 6.54 Å². The fourth-order valence-electron chi connectivity index (χ4n) is 2.81. The van der Waals surface area contributed by atoms with E-state index in [0.717, 1.165) is 35.5 Å². The number of rotatable bonds is 2. The maximum atomic E-state index is 5.47. The second kappa shape index (κ2) is 5.19. The van der Waals surface area contributed by atoms with Crippen molar-refractivity contribution in [3.63, 3.8) is 0 Å². The minimum absolute atomic E-state index is 0.334. The first-order chi connectivity index (χ1) is 10.3. The fourth-order valence-corrected chi connectivity index (χ4v) is 3.08. The molecule has 0 N–H and O–H groups in total. The molecule has 21 heavy (non-hydrogen) atoms. The quantitative estimate of drug-likeness (QED) is 0.779. The first kappa shape index (κ1) is 12.9. The van der Waals surface area contributed by atoms with Crippen LogP contribution in [-0.4, -0.2) is 24.1 Å². The molecule has 0 aromatic heterocycles. The molecule has 0 aliphatic carbocycles. The van der Waals surface area contributed by atoms with Crippen LogP contribution in [0.1, 0.15) is 16.7 Å². The Balaban J connectivity index is 1.62. The van der Waals surface area contributed by atoms with Crippen LogP contribution in [0.3, 0.4) is 0 Å². The van der Waals surface area contributed by atoms with Gasteiger partial charge in [-0.15, -0.1) is 0 Å². The molecule has 0 fully saturated rings. The van der Waals surface area contributed by atoms with Crippen molar-refractivity contribution >= 4 is 22.1 Å². The van der Waals surface area contributed by atoms with Crippen molar-refractivity contribution in [3.05, 3.63) is 57.6 Å². The van der Waals surface area contributed by atoms with E-state index in [4.69, 9.17) is 9.47 Å². The van der Waals surface area contributed by atoms with E-state index in [1.807, 2.05) is 0 Å². The average Bonchev–Trinajstić information content (AvgIpc) is 2.94. The third kappa shape index (κ3) is 2.56. The van der Waals surface area contributed by atoms with Gasteiger partial charge in [0, 0.05) is 22.0 Å². The zero-order valence-electron chi connectivity index (χ0n) is 11.5. The maximum absolute atomic E-state index is 5.47. The Morgan fingerprint density at radius 3 is 2.62 bits per heavy atom. The smallest absolute Gasteiger partial charge is 0.231 e. The van der Waals surface area contributed by atoms with Crippen molar-refractivity contribution in [1.82, 2.24) is 0 Å². The Labute approximate surface area is 132 Å². The van der Waals surface area contributed by atoms with E-state index in [1.165, 1.54) is 16.7 Å². The Morgan fingerprint density at radius 1 is 1.05 bits per heavy atom. The lowest BCUT2D eigenvalue weighted by atomic mass is 10.0. The highest BCUT2D eigenvalue weighted by Gasteiger charge is 2.22. The predicted molar refractivity (Wildman–Crippen MR) is 84.4 cm³/mol. The van der Waals surface area contributed by atoms with Crippen LogP contribution in [0.2, 0.25) is 0 Å². The second-order valence-electron chi connectivity index (χ2n) is 5.38. The van der Waals surface area contributed by atoms with Gasteiger partial charge < -0.3 is 9.47 Å². The number of hydrogen-bond acceptors (Lipinski definition) is 2. The van der Waals surface area contributed by atoms with Crippen molar-refractivity contribution < 1.29 is 14.0 Å². The van der Waals surface area contributed by atoms with E-state index < -0.39 is 0 Å². The molecule has 2 aromatic carbocycles. The van der Waals surface area contributed by atoms with E-state index >= 15 is 0 Å². The van der Waals surface area contributed by atoms with Crippen LogP contribution in [0.5, 0.6) is 11.5 Å². The first-order valence-corrected chi connectivity index (χ1v) is 7.83. The fraction of sp³-hybridized carbons (Fsp3) is 0.235. The summed E-state index contributed by atoms with van der Waals surface area (Å²) in [6.45, 7) is 2.30. The summed E-state index contributed by atoms with van der Waals surface area (Å²) in [5.41, 5.74) is 3.90. The van der Waals surface area contributed by atoms with Crippen LogP contribution in [0, 0.1) is 0 Å². The molecule has 0 bridgehead atoms. The number of nitrogens with zero attached hydrogens (tertiary/aromatic N) is 1. The van der Waals surface area contributed by atoms with Crippen LogP contribution in [-0.2, 0) is 13.0 Å². The largest absolute Gasteiger partial charge is 0.454 e. The molecule has 0 atom stereocenters. The minimum Gasteiger partial charge on any atom is -0.454 e. The zero-order valence-corrected chi connectivity index (χ0v) is 13.1. The van der Waals surface area contributed by atoms with Gasteiger partial charge in [-0.05, 0) is 29.8 Å². The van der Waals surface area contributed by atoms with E-state index in [0.29, 0.717) is 6.79 Å². The zero-order chi connectivity index (χ0) is 14.2. The third-order valence-corrected chi connectivity index (χ3v) is 4.45. The van der Waals surface area contributed by atoms with E-state index in [1.54, 1.807) is 0 Å². The van der Waals surface area contributed by atoms with Gasteiger partial charge >= 0.3 is 0 Å². The molecule has 2 aliphatic heterocycles. The predicted octanol–water partition coefficient (Wildman–Crippen LogP) is 3.37. The van der Waals surface area contributed by atoms with Crippen LogP contribution in [0.25, 0.3) is 0 Å². The molecule has 0 unspecified atom stereocenters. The van der Waals surface area contributed by atoms with Crippen LogP contribution in [0.15, 0.2) is 40.9 Å². The molecule has 2 aliphatic rings. The molecular weight excluding hydrogens is 330 g/mol. The molecule has 0 spiro atoms. The number of ether oxygens (including phenoxy) is 2. The lowest BCUT2D eigenvalue weighted by molar-refractivity contribution is -0.540. The van der Waals surface area contributed by atoms with Gasteiger partial charge in [0.2, 0.25) is 6.79 Å². The summed E-state index contributed by atoms with van der Waals surface area (Å²) in [4.78, 5) is 0. The average molecular weight is 345 g/mol. The van der Waals surface area contributed by atoms with Gasteiger partial charge in [-0.1, -0.05) is 28.1 Å². The normalized spacial score (nSPS) is 15.6. The van der Waals surface area contributed by atoms with Crippen LogP contribution >= 0.6 is 15.9 Å². The number of benzene rings is 2. The monoisotopic (exact) mass is 344 g/mol. The summed E-state index contributed by atoms with van der Waals surface area (Å²) in [5, 5.41) is 0. The van der Waals surface area contributed by atoms with Gasteiger partial charge in [0.25, 0.3) is 0 Å². The molecule has 2 aromatic rings. The van der Waals surface area contributed by atoms with Gasteiger partial charge in [0.05, 0.1) is 0 Å². The molecule has 0 amide bonds. The Hall–Kier alpha value is -1.81. The first-order valence-electron chi connectivity index (χ1n) is 7.04. The van der Waals surface area contributed by atoms with Crippen molar-refractivity contribution in [2.24, 2.45) is 0 Å². The van der Waals surface area contributed by atoms with Gasteiger partial charge in [-0.25, -0.2) is 4.58 Å². The number of halogens is 1. The van der Waals surface area contributed by atoms with Crippen molar-refractivity contribution in [2.45, 2.75) is 13.0 Å². The second-order valence-corrected chi connectivity index (χ2v) is 6.30. The highest BCUT2D eigenvalue weighted by atomic mass is 79.9. The summed E-state index contributed by atoms with van der Waals surface area (Å²) < 4.78 is 14.4. The summed E-state index contributed by atoms with van der Waals surface area (Å²) >= 11 is 3.47. The molecule has 0 radical (unpaired) electrons. The Morgan fingerprint density at radius 2 is 1.81 bits per heavy atom. The molecule has 4 rings (SSSR count). The number of fused-ring (bicyclic) bond motifs is 2.